The third kappa shape index (κ3) is 4.36. The molecule has 0 bridgehead atoms. The number of hydrogen-bond donors (Lipinski definition) is 2. The van der Waals surface area contributed by atoms with Crippen molar-refractivity contribution in [3.8, 4) is 0 Å². The summed E-state index contributed by atoms with van der Waals surface area (Å²) in [5.41, 5.74) is 1.46. The number of nitrogens with zero attached hydrogens (tertiary/aromatic N) is 2. The number of urea groups is 1. The minimum absolute atomic E-state index is 0.0120. The van der Waals surface area contributed by atoms with Crippen LogP contribution in [0.15, 0.2) is 30.3 Å². The molecule has 1 spiro atoms. The molecule has 26 heavy (non-hydrogen) atoms. The molecule has 1 saturated heterocycles. The van der Waals surface area contributed by atoms with Crippen LogP contribution in [0.4, 0.5) is 4.79 Å². The van der Waals surface area contributed by atoms with Gasteiger partial charge < -0.3 is 15.5 Å². The van der Waals surface area contributed by atoms with Gasteiger partial charge in [-0.1, -0.05) is 30.3 Å². The lowest BCUT2D eigenvalue weighted by molar-refractivity contribution is -0.126. The van der Waals surface area contributed by atoms with E-state index in [1.54, 1.807) is 14.1 Å². The molecule has 6 nitrogen and oxygen atoms in total. The van der Waals surface area contributed by atoms with Crippen LogP contribution in [0.25, 0.3) is 0 Å². The Kier molecular flexibility index (Phi) is 6.29. The van der Waals surface area contributed by atoms with Crippen LogP contribution in [0.3, 0.4) is 0 Å². The molecule has 2 fully saturated rings. The van der Waals surface area contributed by atoms with Crippen molar-refractivity contribution in [1.29, 1.82) is 0 Å². The largest absolute Gasteiger partial charge is 0.349 e. The first kappa shape index (κ1) is 20.2. The normalized spacial score (nSPS) is 27.4. The zero-order chi connectivity index (χ0) is 19.4. The topological polar surface area (TPSA) is 64.7 Å². The predicted molar refractivity (Wildman–Crippen MR) is 104 cm³/mol. The Bertz CT molecular complexity index is 620. The Morgan fingerprint density at radius 1 is 1.00 bits per heavy atom. The molecule has 3 amide bonds. The average molecular weight is 361 g/mol. The minimum atomic E-state index is -0.0224. The van der Waals surface area contributed by atoms with Crippen LogP contribution >= 0.6 is 0 Å². The van der Waals surface area contributed by atoms with Gasteiger partial charge in [0, 0.05) is 33.1 Å². The zero-order valence-corrected chi connectivity index (χ0v) is 16.6. The molecule has 0 aromatic heterocycles. The molecule has 1 saturated carbocycles. The van der Waals surface area contributed by atoms with Gasteiger partial charge in [-0.2, -0.15) is 0 Å². The highest BCUT2D eigenvalue weighted by Crippen LogP contribution is 2.44. The van der Waals surface area contributed by atoms with E-state index in [1.165, 1.54) is 17.4 Å². The summed E-state index contributed by atoms with van der Waals surface area (Å²) in [7, 11) is 7.78. The Hall–Kier alpha value is -2.08. The molecule has 3 rings (SSSR count). The summed E-state index contributed by atoms with van der Waals surface area (Å²) in [6.07, 6.45) is 4.20. The fourth-order valence-electron chi connectivity index (χ4n) is 3.77. The van der Waals surface area contributed by atoms with E-state index in [0.717, 1.165) is 32.2 Å². The summed E-state index contributed by atoms with van der Waals surface area (Å²) in [4.78, 5) is 25.4. The monoisotopic (exact) mass is 360 g/mol. The summed E-state index contributed by atoms with van der Waals surface area (Å²) in [6.45, 7) is 2.30. The second-order valence-electron chi connectivity index (χ2n) is 7.79. The lowest BCUT2D eigenvalue weighted by atomic mass is 9.69. The van der Waals surface area contributed by atoms with Crippen molar-refractivity contribution in [2.45, 2.75) is 43.7 Å². The van der Waals surface area contributed by atoms with Crippen molar-refractivity contribution in [2.24, 2.45) is 0 Å². The van der Waals surface area contributed by atoms with Gasteiger partial charge in [0.1, 0.15) is 0 Å². The first-order chi connectivity index (χ1) is 12.2. The first-order valence-electron chi connectivity index (χ1n) is 9.18. The number of benzene rings is 1. The summed E-state index contributed by atoms with van der Waals surface area (Å²) in [6, 6.07) is 10.7. The molecule has 1 aliphatic heterocycles. The third-order valence-corrected chi connectivity index (χ3v) is 5.80. The molecule has 6 heteroatoms. The van der Waals surface area contributed by atoms with E-state index in [4.69, 9.17) is 0 Å². The van der Waals surface area contributed by atoms with E-state index in [0.29, 0.717) is 0 Å². The summed E-state index contributed by atoms with van der Waals surface area (Å²) in [5, 5.41) is 6.04. The van der Waals surface area contributed by atoms with Crippen LogP contribution in [0, 0.1) is 0 Å². The standard InChI is InChI=1S/C16H23N3O.C4H9NO/c1-19(2)16(13-6-4-3-5-7-13)10-8-15(9-11-16)12-17-14(20)18-15;1-4(6)5(2)3/h3-7H,8-12H2,1-2H3,(H2,17,18,20);1-3H3. The van der Waals surface area contributed by atoms with E-state index in [1.807, 2.05) is 0 Å². The molecule has 0 radical (unpaired) electrons. The van der Waals surface area contributed by atoms with Crippen LogP contribution in [0.2, 0.25) is 0 Å². The van der Waals surface area contributed by atoms with Gasteiger partial charge in [0.2, 0.25) is 5.91 Å². The lowest BCUT2D eigenvalue weighted by Crippen LogP contribution is -2.53. The van der Waals surface area contributed by atoms with E-state index < -0.39 is 0 Å². The second kappa shape index (κ2) is 8.08. The van der Waals surface area contributed by atoms with Crippen LogP contribution in [-0.4, -0.2) is 62.0 Å². The zero-order valence-electron chi connectivity index (χ0n) is 16.6. The second-order valence-corrected chi connectivity index (χ2v) is 7.79. The van der Waals surface area contributed by atoms with E-state index in [-0.39, 0.29) is 23.0 Å². The average Bonchev–Trinajstić information content (AvgIpc) is 2.97. The van der Waals surface area contributed by atoms with Crippen LogP contribution in [-0.2, 0) is 10.3 Å². The van der Waals surface area contributed by atoms with Crippen LogP contribution < -0.4 is 10.6 Å². The molecule has 1 aliphatic carbocycles. The van der Waals surface area contributed by atoms with Crippen molar-refractivity contribution in [3.05, 3.63) is 35.9 Å². The smallest absolute Gasteiger partial charge is 0.315 e. The first-order valence-corrected chi connectivity index (χ1v) is 9.18. The molecule has 1 heterocycles. The highest BCUT2D eigenvalue weighted by Gasteiger charge is 2.47. The van der Waals surface area contributed by atoms with E-state index in [2.05, 4.69) is 60.0 Å². The van der Waals surface area contributed by atoms with Crippen molar-refractivity contribution >= 4 is 11.9 Å². The number of nitrogens with one attached hydrogen (secondary N) is 2. The van der Waals surface area contributed by atoms with E-state index >= 15 is 0 Å². The van der Waals surface area contributed by atoms with Gasteiger partial charge in [0.05, 0.1) is 5.54 Å². The highest BCUT2D eigenvalue weighted by molar-refractivity contribution is 5.77. The van der Waals surface area contributed by atoms with Gasteiger partial charge in [0.25, 0.3) is 0 Å². The van der Waals surface area contributed by atoms with E-state index in [9.17, 15) is 9.59 Å². The fourth-order valence-corrected chi connectivity index (χ4v) is 3.77. The SMILES string of the molecule is CC(=O)N(C)C.CN(C)C1(c2ccccc2)CCC2(CC1)CNC(=O)N2. The fraction of sp³-hybridized carbons (Fsp3) is 0.600. The molecular weight excluding hydrogens is 328 g/mol. The van der Waals surface area contributed by atoms with Gasteiger partial charge in [-0.25, -0.2) is 4.79 Å². The number of hydrogen-bond acceptors (Lipinski definition) is 3. The van der Waals surface area contributed by atoms with Gasteiger partial charge in [-0.15, -0.1) is 0 Å². The van der Waals surface area contributed by atoms with Crippen molar-refractivity contribution in [1.82, 2.24) is 20.4 Å². The molecule has 0 atom stereocenters. The summed E-state index contributed by atoms with van der Waals surface area (Å²) < 4.78 is 0. The molecule has 1 aromatic rings. The van der Waals surface area contributed by atoms with Gasteiger partial charge in [-0.05, 0) is 45.3 Å². The Morgan fingerprint density at radius 2 is 1.54 bits per heavy atom. The van der Waals surface area contributed by atoms with Crippen LogP contribution in [0.1, 0.15) is 38.2 Å². The Morgan fingerprint density at radius 3 is 1.92 bits per heavy atom. The Balaban J connectivity index is 0.000000352. The van der Waals surface area contributed by atoms with Crippen molar-refractivity contribution in [2.75, 3.05) is 34.7 Å². The quantitative estimate of drug-likeness (QED) is 0.849. The minimum Gasteiger partial charge on any atom is -0.349 e. The maximum atomic E-state index is 11.4. The number of carbonyl (C=O) groups excluding carboxylic acids is 2. The van der Waals surface area contributed by atoms with Crippen molar-refractivity contribution < 1.29 is 9.59 Å². The highest BCUT2D eigenvalue weighted by atomic mass is 16.2. The van der Waals surface area contributed by atoms with Crippen molar-refractivity contribution in [3.63, 3.8) is 0 Å². The maximum absolute atomic E-state index is 11.4. The predicted octanol–water partition coefficient (Wildman–Crippen LogP) is 2.16. The summed E-state index contributed by atoms with van der Waals surface area (Å²) in [5.74, 6) is 0.0926. The molecule has 2 N–H and O–H groups in total. The molecule has 1 aromatic carbocycles. The number of amides is 3. The lowest BCUT2D eigenvalue weighted by Gasteiger charge is -2.48. The Labute approximate surface area is 156 Å². The van der Waals surface area contributed by atoms with Gasteiger partial charge in [0.15, 0.2) is 0 Å². The molecular formula is C20H32N4O2. The maximum Gasteiger partial charge on any atom is 0.315 e. The molecule has 0 unspecified atom stereocenters. The van der Waals surface area contributed by atoms with Gasteiger partial charge >= 0.3 is 6.03 Å². The number of carbonyl (C=O) groups is 2. The summed E-state index contributed by atoms with van der Waals surface area (Å²) >= 11 is 0. The van der Waals surface area contributed by atoms with Gasteiger partial charge in [-0.3, -0.25) is 9.69 Å². The molecule has 2 aliphatic rings. The van der Waals surface area contributed by atoms with Crippen LogP contribution in [0.5, 0.6) is 0 Å². The molecule has 144 valence electrons. The number of rotatable bonds is 2. The third-order valence-electron chi connectivity index (χ3n) is 5.80.